The molecule has 8 heteroatoms. The normalized spacial score (nSPS) is 10.7. The molecule has 0 radical (unpaired) electrons. The highest BCUT2D eigenvalue weighted by molar-refractivity contribution is 5.85. The molecule has 27 heavy (non-hydrogen) atoms. The van der Waals surface area contributed by atoms with Gasteiger partial charge in [-0.2, -0.15) is 0 Å². The van der Waals surface area contributed by atoms with E-state index < -0.39 is 17.5 Å². The van der Waals surface area contributed by atoms with Gasteiger partial charge in [-0.3, -0.25) is 10.3 Å². The first-order chi connectivity index (χ1) is 12.8. The van der Waals surface area contributed by atoms with E-state index in [2.05, 4.69) is 15.3 Å². The summed E-state index contributed by atoms with van der Waals surface area (Å²) in [5.74, 6) is 0.168. The van der Waals surface area contributed by atoms with Gasteiger partial charge in [0.05, 0.1) is 0 Å². The van der Waals surface area contributed by atoms with E-state index in [9.17, 15) is 9.59 Å². The van der Waals surface area contributed by atoms with Crippen LogP contribution < -0.4 is 15.8 Å². The Kier molecular flexibility index (Phi) is 6.23. The van der Waals surface area contributed by atoms with Crippen LogP contribution in [0.15, 0.2) is 45.7 Å². The number of H-pyrrole nitrogens is 1. The fourth-order valence-electron chi connectivity index (χ4n) is 2.10. The number of fused-ring (bicyclic) bond motifs is 1. The molecule has 0 bridgehead atoms. The highest BCUT2D eigenvalue weighted by Crippen LogP contribution is 2.28. The molecule has 0 aliphatic heterocycles. The number of nitrogens with one attached hydrogen (secondary N) is 2. The number of hydrogen-bond donors (Lipinski definition) is 2. The summed E-state index contributed by atoms with van der Waals surface area (Å²) in [5, 5.41) is 2.63. The molecule has 0 unspecified atom stereocenters. The number of amides is 1. The quantitative estimate of drug-likeness (QED) is 0.690. The van der Waals surface area contributed by atoms with Gasteiger partial charge >= 0.3 is 11.8 Å². The van der Waals surface area contributed by atoms with Crippen molar-refractivity contribution < 1.29 is 18.7 Å². The first-order valence-electron chi connectivity index (χ1n) is 8.56. The van der Waals surface area contributed by atoms with Crippen molar-refractivity contribution >= 4 is 23.0 Å². The van der Waals surface area contributed by atoms with Gasteiger partial charge in [0.1, 0.15) is 11.4 Å². The van der Waals surface area contributed by atoms with Crippen LogP contribution in [0.3, 0.4) is 0 Å². The van der Waals surface area contributed by atoms with Crippen LogP contribution in [0.1, 0.15) is 34.6 Å². The van der Waals surface area contributed by atoms with Gasteiger partial charge in [0.25, 0.3) is 0 Å². The predicted molar refractivity (Wildman–Crippen MR) is 102 cm³/mol. The number of aromatic nitrogens is 2. The van der Waals surface area contributed by atoms with Crippen LogP contribution in [0, 0.1) is 0 Å². The molecule has 2 N–H and O–H groups in total. The molecule has 8 nitrogen and oxygen atoms in total. The molecule has 2 aromatic heterocycles. The van der Waals surface area contributed by atoms with Crippen LogP contribution in [0.4, 0.5) is 10.5 Å². The van der Waals surface area contributed by atoms with Gasteiger partial charge in [0, 0.05) is 24.0 Å². The largest absolute Gasteiger partial charge is 0.453 e. The Morgan fingerprint density at radius 3 is 2.67 bits per heavy atom. The second kappa shape index (κ2) is 8.39. The maximum Gasteiger partial charge on any atom is 0.418 e. The van der Waals surface area contributed by atoms with Gasteiger partial charge in [-0.25, -0.2) is 14.6 Å². The number of oxazole rings is 1. The van der Waals surface area contributed by atoms with E-state index in [1.165, 1.54) is 6.20 Å². The number of benzene rings is 1. The molecule has 2 heterocycles. The molecule has 0 saturated carbocycles. The van der Waals surface area contributed by atoms with Crippen LogP contribution in [-0.4, -0.2) is 21.7 Å². The second-order valence-corrected chi connectivity index (χ2v) is 6.26. The van der Waals surface area contributed by atoms with E-state index in [4.69, 9.17) is 13.9 Å². The Bertz CT molecular complexity index is 969. The molecule has 0 aliphatic rings. The number of carbonyl (C=O) groups excluding carboxylic acids is 1. The zero-order chi connectivity index (χ0) is 20.0. The monoisotopic (exact) mass is 373 g/mol. The lowest BCUT2D eigenvalue weighted by Crippen LogP contribution is -2.27. The Balaban J connectivity index is 0.00000126. The molecule has 0 fully saturated rings. The maximum atomic E-state index is 11.8. The minimum absolute atomic E-state index is 0.220. The molecule has 144 valence electrons. The number of anilines is 1. The summed E-state index contributed by atoms with van der Waals surface area (Å²) < 4.78 is 16.0. The minimum atomic E-state index is -0.612. The van der Waals surface area contributed by atoms with Crippen LogP contribution in [0.25, 0.3) is 11.2 Å². The number of ether oxygens (including phenoxy) is 2. The summed E-state index contributed by atoms with van der Waals surface area (Å²) in [6, 6.07) is 8.33. The highest BCUT2D eigenvalue weighted by Gasteiger charge is 2.16. The van der Waals surface area contributed by atoms with Crippen LogP contribution in [-0.2, 0) is 4.74 Å². The van der Waals surface area contributed by atoms with Crippen LogP contribution in [0.2, 0.25) is 0 Å². The number of carbonyl (C=O) groups is 1. The van der Waals surface area contributed by atoms with Gasteiger partial charge in [-0.05, 0) is 32.9 Å². The highest BCUT2D eigenvalue weighted by atomic mass is 16.6. The molecule has 3 rings (SSSR count). The maximum absolute atomic E-state index is 11.8. The summed E-state index contributed by atoms with van der Waals surface area (Å²) in [6.07, 6.45) is 0.930. The first-order valence-corrected chi connectivity index (χ1v) is 8.56. The van der Waals surface area contributed by atoms with E-state index in [1.807, 2.05) is 13.8 Å². The number of nitrogens with zero attached hydrogens (tertiary/aromatic N) is 1. The molecule has 0 atom stereocenters. The topological polar surface area (TPSA) is 106 Å². The molecule has 1 amide bonds. The third kappa shape index (κ3) is 5.60. The summed E-state index contributed by atoms with van der Waals surface area (Å²) in [5.41, 5.74) is 0.434. The third-order valence-electron chi connectivity index (χ3n) is 2.99. The Hall–Kier alpha value is -3.29. The van der Waals surface area contributed by atoms with Gasteiger partial charge in [0.2, 0.25) is 5.58 Å². The van der Waals surface area contributed by atoms with Crippen molar-refractivity contribution in [1.82, 2.24) is 9.97 Å². The van der Waals surface area contributed by atoms with E-state index in [-0.39, 0.29) is 5.58 Å². The van der Waals surface area contributed by atoms with Crippen molar-refractivity contribution in [1.29, 1.82) is 0 Å². The molecular formula is C19H23N3O5. The molecular weight excluding hydrogens is 350 g/mol. The molecule has 0 aliphatic carbocycles. The Morgan fingerprint density at radius 1 is 1.22 bits per heavy atom. The fraction of sp³-hybridized carbons (Fsp3) is 0.316. The third-order valence-corrected chi connectivity index (χ3v) is 2.99. The SMILES string of the molecule is CC.CC(C)(C)OC(=O)Nc1cccc(Oc2ccnc3[nH]c(=O)oc23)c1. The smallest absolute Gasteiger partial charge is 0.418 e. The summed E-state index contributed by atoms with van der Waals surface area (Å²) >= 11 is 0. The average Bonchev–Trinajstić information content (AvgIpc) is 2.96. The lowest BCUT2D eigenvalue weighted by Gasteiger charge is -2.19. The fourth-order valence-corrected chi connectivity index (χ4v) is 2.10. The van der Waals surface area contributed by atoms with E-state index in [0.29, 0.717) is 22.8 Å². The zero-order valence-electron chi connectivity index (χ0n) is 16.0. The van der Waals surface area contributed by atoms with E-state index in [1.54, 1.807) is 51.1 Å². The summed E-state index contributed by atoms with van der Waals surface area (Å²) in [4.78, 5) is 29.6. The lowest BCUT2D eigenvalue weighted by molar-refractivity contribution is 0.0636. The van der Waals surface area contributed by atoms with Crippen molar-refractivity contribution in [3.63, 3.8) is 0 Å². The molecule has 3 aromatic rings. The molecule has 0 spiro atoms. The van der Waals surface area contributed by atoms with Crippen molar-refractivity contribution in [2.24, 2.45) is 0 Å². The molecule has 0 saturated heterocycles. The van der Waals surface area contributed by atoms with E-state index in [0.717, 1.165) is 0 Å². The van der Waals surface area contributed by atoms with Gasteiger partial charge in [-0.1, -0.05) is 19.9 Å². The lowest BCUT2D eigenvalue weighted by atomic mass is 10.2. The number of rotatable bonds is 3. The van der Waals surface area contributed by atoms with Crippen molar-refractivity contribution in [3.05, 3.63) is 47.1 Å². The first kappa shape index (κ1) is 20.0. The van der Waals surface area contributed by atoms with Crippen molar-refractivity contribution in [2.45, 2.75) is 40.2 Å². The van der Waals surface area contributed by atoms with E-state index >= 15 is 0 Å². The Morgan fingerprint density at radius 2 is 1.96 bits per heavy atom. The Labute approximate surface area is 156 Å². The number of aromatic amines is 1. The van der Waals surface area contributed by atoms with Crippen LogP contribution >= 0.6 is 0 Å². The number of pyridine rings is 1. The van der Waals surface area contributed by atoms with Gasteiger partial charge in [-0.15, -0.1) is 0 Å². The standard InChI is InChI=1S/C17H17N3O5.C2H6/c1-17(2,3)25-16(22)19-10-5-4-6-11(9-10)23-12-7-8-18-14-13(12)24-15(21)20-14;1-2/h4-9H,1-3H3,(H,19,22)(H,18,20,21);1-2H3. The van der Waals surface area contributed by atoms with Crippen molar-refractivity contribution in [2.75, 3.05) is 5.32 Å². The molecule has 1 aromatic carbocycles. The summed E-state index contributed by atoms with van der Waals surface area (Å²) in [7, 11) is 0. The van der Waals surface area contributed by atoms with Gasteiger partial charge in [0.15, 0.2) is 11.4 Å². The van der Waals surface area contributed by atoms with Crippen molar-refractivity contribution in [3.8, 4) is 11.5 Å². The minimum Gasteiger partial charge on any atom is -0.453 e. The summed E-state index contributed by atoms with van der Waals surface area (Å²) in [6.45, 7) is 9.35. The van der Waals surface area contributed by atoms with Crippen LogP contribution in [0.5, 0.6) is 11.5 Å². The average molecular weight is 373 g/mol. The zero-order valence-corrected chi connectivity index (χ0v) is 16.0. The predicted octanol–water partition coefficient (Wildman–Crippen LogP) is 4.68. The second-order valence-electron chi connectivity index (χ2n) is 6.26. The number of hydrogen-bond acceptors (Lipinski definition) is 6. The van der Waals surface area contributed by atoms with Gasteiger partial charge < -0.3 is 13.9 Å².